The van der Waals surface area contributed by atoms with Gasteiger partial charge in [0, 0.05) is 0 Å². The molecule has 0 atom stereocenters. The van der Waals surface area contributed by atoms with Crippen molar-refractivity contribution < 1.29 is 23.9 Å². The number of esters is 1. The van der Waals surface area contributed by atoms with Gasteiger partial charge in [0.1, 0.15) is 12.3 Å². The number of hydrogen-bond acceptors (Lipinski definition) is 6. The Morgan fingerprint density at radius 1 is 1.27 bits per heavy atom. The van der Waals surface area contributed by atoms with Crippen LogP contribution in [0.1, 0.15) is 12.5 Å². The Kier molecular flexibility index (Phi) is 5.21. The maximum Gasteiger partial charge on any atom is 0.326 e. The van der Waals surface area contributed by atoms with Crippen LogP contribution < -0.4 is 4.74 Å². The predicted octanol–water partition coefficient (Wildman–Crippen LogP) is 2.29. The molecule has 2 rings (SSSR count). The molecule has 6 nitrogen and oxygen atoms in total. The van der Waals surface area contributed by atoms with Gasteiger partial charge in [0.25, 0.3) is 11.1 Å². The fourth-order valence-corrected chi connectivity index (χ4v) is 2.66. The van der Waals surface area contributed by atoms with Crippen LogP contribution in [0.4, 0.5) is 4.79 Å². The van der Waals surface area contributed by atoms with E-state index < -0.39 is 17.1 Å². The second kappa shape index (κ2) is 7.13. The molecule has 1 aliphatic rings. The monoisotopic (exact) mass is 321 g/mol. The van der Waals surface area contributed by atoms with Gasteiger partial charge in [0.2, 0.25) is 0 Å². The van der Waals surface area contributed by atoms with Crippen molar-refractivity contribution in [3.8, 4) is 5.75 Å². The van der Waals surface area contributed by atoms with Gasteiger partial charge in [-0.05, 0) is 42.5 Å². The Labute approximate surface area is 132 Å². The number of amides is 2. The van der Waals surface area contributed by atoms with Gasteiger partial charge in [-0.15, -0.1) is 0 Å². The molecule has 22 heavy (non-hydrogen) atoms. The zero-order valence-corrected chi connectivity index (χ0v) is 13.0. The number of nitrogens with zero attached hydrogens (tertiary/aromatic N) is 1. The average molecular weight is 321 g/mol. The number of methoxy groups -OCH3 is 1. The van der Waals surface area contributed by atoms with Crippen molar-refractivity contribution in [3.05, 3.63) is 34.7 Å². The van der Waals surface area contributed by atoms with E-state index in [2.05, 4.69) is 0 Å². The van der Waals surface area contributed by atoms with Crippen molar-refractivity contribution >= 4 is 35.0 Å². The standard InChI is InChI=1S/C15H15NO5S/c1-3-21-13(17)9-16-14(18)12(22-15(16)19)8-10-4-6-11(20-2)7-5-10/h4-8H,3,9H2,1-2H3/b12-8+. The Morgan fingerprint density at radius 3 is 2.55 bits per heavy atom. The number of imide groups is 1. The third-order valence-electron chi connectivity index (χ3n) is 2.88. The topological polar surface area (TPSA) is 72.9 Å². The van der Waals surface area contributed by atoms with E-state index in [0.29, 0.717) is 5.75 Å². The smallest absolute Gasteiger partial charge is 0.326 e. The molecule has 0 N–H and O–H groups in total. The number of hydrogen-bond donors (Lipinski definition) is 0. The summed E-state index contributed by atoms with van der Waals surface area (Å²) in [5.41, 5.74) is 0.766. The molecule has 0 aliphatic carbocycles. The maximum atomic E-state index is 12.2. The summed E-state index contributed by atoms with van der Waals surface area (Å²) in [7, 11) is 1.57. The van der Waals surface area contributed by atoms with Gasteiger partial charge >= 0.3 is 5.97 Å². The minimum Gasteiger partial charge on any atom is -0.497 e. The van der Waals surface area contributed by atoms with E-state index in [1.54, 1.807) is 44.4 Å². The lowest BCUT2D eigenvalue weighted by Crippen LogP contribution is -2.34. The summed E-state index contributed by atoms with van der Waals surface area (Å²) < 4.78 is 9.81. The quantitative estimate of drug-likeness (QED) is 0.612. The van der Waals surface area contributed by atoms with Gasteiger partial charge in [0.05, 0.1) is 18.6 Å². The van der Waals surface area contributed by atoms with Crippen LogP contribution in [0.3, 0.4) is 0 Å². The SMILES string of the molecule is CCOC(=O)CN1C(=O)S/C(=C/c2ccc(OC)cc2)C1=O. The fourth-order valence-electron chi connectivity index (χ4n) is 1.82. The van der Waals surface area contributed by atoms with Crippen molar-refractivity contribution in [1.29, 1.82) is 0 Å². The number of benzene rings is 1. The number of rotatable bonds is 5. The lowest BCUT2D eigenvalue weighted by Gasteiger charge is -2.10. The third-order valence-corrected chi connectivity index (χ3v) is 3.79. The Morgan fingerprint density at radius 2 is 1.95 bits per heavy atom. The van der Waals surface area contributed by atoms with E-state index in [1.807, 2.05) is 0 Å². The average Bonchev–Trinajstić information content (AvgIpc) is 2.76. The van der Waals surface area contributed by atoms with Crippen molar-refractivity contribution in [2.45, 2.75) is 6.92 Å². The molecule has 7 heteroatoms. The van der Waals surface area contributed by atoms with Gasteiger partial charge < -0.3 is 9.47 Å². The van der Waals surface area contributed by atoms with Crippen molar-refractivity contribution in [2.24, 2.45) is 0 Å². The van der Waals surface area contributed by atoms with E-state index in [0.717, 1.165) is 22.2 Å². The summed E-state index contributed by atoms with van der Waals surface area (Å²) in [4.78, 5) is 36.6. The zero-order chi connectivity index (χ0) is 16.1. The second-order valence-corrected chi connectivity index (χ2v) is 5.34. The van der Waals surface area contributed by atoms with Crippen LogP contribution in [-0.4, -0.2) is 42.3 Å². The first kappa shape index (κ1) is 16.1. The first-order chi connectivity index (χ1) is 10.5. The Balaban J connectivity index is 2.12. The summed E-state index contributed by atoms with van der Waals surface area (Å²) >= 11 is 0.806. The van der Waals surface area contributed by atoms with E-state index in [-0.39, 0.29) is 18.1 Å². The van der Waals surface area contributed by atoms with Crippen molar-refractivity contribution in [2.75, 3.05) is 20.3 Å². The summed E-state index contributed by atoms with van der Waals surface area (Å²) in [6.45, 7) is 1.50. The lowest BCUT2D eigenvalue weighted by molar-refractivity contribution is -0.145. The molecule has 1 fully saturated rings. The summed E-state index contributed by atoms with van der Waals surface area (Å²) in [6.07, 6.45) is 1.61. The van der Waals surface area contributed by atoms with Gasteiger partial charge in [-0.3, -0.25) is 19.3 Å². The lowest BCUT2D eigenvalue weighted by atomic mass is 10.2. The number of thioether (sulfide) groups is 1. The van der Waals surface area contributed by atoms with Crippen LogP contribution in [0, 0.1) is 0 Å². The first-order valence-corrected chi connectivity index (χ1v) is 7.42. The fraction of sp³-hybridized carbons (Fsp3) is 0.267. The summed E-state index contributed by atoms with van der Waals surface area (Å²) in [5, 5.41) is -0.474. The van der Waals surface area contributed by atoms with Crippen LogP contribution in [0.2, 0.25) is 0 Å². The van der Waals surface area contributed by atoms with Crippen LogP contribution in [-0.2, 0) is 14.3 Å². The van der Waals surface area contributed by atoms with Crippen LogP contribution in [0.15, 0.2) is 29.2 Å². The Bertz CT molecular complexity index is 623. The molecule has 1 heterocycles. The minimum atomic E-state index is -0.601. The third kappa shape index (κ3) is 3.67. The van der Waals surface area contributed by atoms with Crippen molar-refractivity contribution in [1.82, 2.24) is 4.90 Å². The van der Waals surface area contributed by atoms with Gasteiger partial charge in [-0.1, -0.05) is 12.1 Å². The molecule has 0 spiro atoms. The molecule has 0 bridgehead atoms. The highest BCUT2D eigenvalue weighted by Gasteiger charge is 2.36. The van der Waals surface area contributed by atoms with Crippen molar-refractivity contribution in [3.63, 3.8) is 0 Å². The molecule has 1 saturated heterocycles. The van der Waals surface area contributed by atoms with Crippen LogP contribution in [0.25, 0.3) is 6.08 Å². The summed E-state index contributed by atoms with van der Waals surface area (Å²) in [5.74, 6) is -0.387. The molecule has 0 unspecified atom stereocenters. The van der Waals surface area contributed by atoms with Crippen LogP contribution in [0.5, 0.6) is 5.75 Å². The molecule has 0 radical (unpaired) electrons. The molecule has 0 aromatic heterocycles. The maximum absolute atomic E-state index is 12.2. The van der Waals surface area contributed by atoms with E-state index >= 15 is 0 Å². The van der Waals surface area contributed by atoms with E-state index in [9.17, 15) is 14.4 Å². The highest BCUT2D eigenvalue weighted by molar-refractivity contribution is 8.18. The summed E-state index contributed by atoms with van der Waals surface area (Å²) in [6, 6.07) is 7.07. The van der Waals surface area contributed by atoms with Crippen LogP contribution >= 0.6 is 11.8 Å². The molecule has 2 amide bonds. The van der Waals surface area contributed by atoms with Gasteiger partial charge in [-0.25, -0.2) is 0 Å². The normalized spacial score (nSPS) is 16.3. The van der Waals surface area contributed by atoms with E-state index in [4.69, 9.17) is 9.47 Å². The first-order valence-electron chi connectivity index (χ1n) is 6.60. The number of carbonyl (C=O) groups is 3. The molecular weight excluding hydrogens is 306 g/mol. The highest BCUT2D eigenvalue weighted by atomic mass is 32.2. The molecule has 1 aromatic carbocycles. The Hall–Kier alpha value is -2.28. The zero-order valence-electron chi connectivity index (χ0n) is 12.2. The predicted molar refractivity (Wildman–Crippen MR) is 82.3 cm³/mol. The number of ether oxygens (including phenoxy) is 2. The molecular formula is C15H15NO5S. The van der Waals surface area contributed by atoms with E-state index in [1.165, 1.54) is 0 Å². The van der Waals surface area contributed by atoms with Gasteiger partial charge in [-0.2, -0.15) is 0 Å². The largest absolute Gasteiger partial charge is 0.497 e. The number of carbonyl (C=O) groups excluding carboxylic acids is 3. The minimum absolute atomic E-state index is 0.205. The molecule has 0 saturated carbocycles. The second-order valence-electron chi connectivity index (χ2n) is 4.35. The van der Waals surface area contributed by atoms with Gasteiger partial charge in [0.15, 0.2) is 0 Å². The molecule has 1 aliphatic heterocycles. The molecule has 116 valence electrons. The molecule has 1 aromatic rings. The highest BCUT2D eigenvalue weighted by Crippen LogP contribution is 2.32.